The Morgan fingerprint density at radius 1 is 1.37 bits per heavy atom. The molecule has 1 aromatic carbocycles. The Balaban J connectivity index is 2.35. The molecule has 1 aliphatic heterocycles. The molecule has 1 amide bonds. The van der Waals surface area contributed by atoms with E-state index in [1.807, 2.05) is 0 Å². The summed E-state index contributed by atoms with van der Waals surface area (Å²) in [6.45, 7) is 0.489. The van der Waals surface area contributed by atoms with E-state index in [1.165, 1.54) is 0 Å². The van der Waals surface area contributed by atoms with Gasteiger partial charge in [-0.1, -0.05) is 12.1 Å². The van der Waals surface area contributed by atoms with Gasteiger partial charge in [-0.15, -0.1) is 0 Å². The second kappa shape index (κ2) is 5.30. The number of amides is 1. The number of carboxylic acid groups (broad SMARTS) is 1. The minimum Gasteiger partial charge on any atom is -0.497 e. The zero-order chi connectivity index (χ0) is 14.0. The molecule has 0 spiro atoms. The molecule has 0 saturated carbocycles. The lowest BCUT2D eigenvalue weighted by Crippen LogP contribution is -2.44. The van der Waals surface area contributed by atoms with Crippen molar-refractivity contribution in [2.75, 3.05) is 20.7 Å². The number of likely N-dealkylation sites (N-methyl/N-ethyl adjacent to an activating group) is 1. The molecule has 1 fully saturated rings. The van der Waals surface area contributed by atoms with E-state index in [-0.39, 0.29) is 5.91 Å². The molecule has 5 heteroatoms. The number of aliphatic carboxylic acids is 1. The van der Waals surface area contributed by atoms with Crippen LogP contribution in [0, 0.1) is 5.92 Å². The van der Waals surface area contributed by atoms with Crippen LogP contribution in [-0.4, -0.2) is 42.6 Å². The Bertz CT molecular complexity index is 483. The zero-order valence-corrected chi connectivity index (χ0v) is 11.0. The molecule has 102 valence electrons. The summed E-state index contributed by atoms with van der Waals surface area (Å²) < 4.78 is 5.07. The average molecular weight is 263 g/mol. The Kier molecular flexibility index (Phi) is 3.74. The second-order valence-electron chi connectivity index (χ2n) is 4.74. The van der Waals surface area contributed by atoms with Crippen molar-refractivity contribution in [3.63, 3.8) is 0 Å². The Morgan fingerprint density at radius 2 is 2.00 bits per heavy atom. The maximum atomic E-state index is 12.2. The highest BCUT2D eigenvalue weighted by molar-refractivity contribution is 5.90. The lowest BCUT2D eigenvalue weighted by atomic mass is 9.80. The third-order valence-corrected chi connectivity index (χ3v) is 3.61. The van der Waals surface area contributed by atoms with Gasteiger partial charge >= 0.3 is 5.97 Å². The number of likely N-dealkylation sites (tertiary alicyclic amines) is 1. The van der Waals surface area contributed by atoms with Gasteiger partial charge in [-0.25, -0.2) is 0 Å². The van der Waals surface area contributed by atoms with Crippen LogP contribution in [0.5, 0.6) is 5.75 Å². The number of ether oxygens (including phenoxy) is 1. The van der Waals surface area contributed by atoms with E-state index < -0.39 is 17.8 Å². The number of hydrogen-bond acceptors (Lipinski definition) is 3. The summed E-state index contributed by atoms with van der Waals surface area (Å²) >= 11 is 0. The highest BCUT2D eigenvalue weighted by Gasteiger charge is 2.40. The van der Waals surface area contributed by atoms with Gasteiger partial charge in [-0.2, -0.15) is 0 Å². The quantitative estimate of drug-likeness (QED) is 0.893. The number of carboxylic acids is 1. The number of rotatable bonds is 3. The zero-order valence-electron chi connectivity index (χ0n) is 11.0. The number of benzene rings is 1. The van der Waals surface area contributed by atoms with Gasteiger partial charge in [0.1, 0.15) is 5.75 Å². The van der Waals surface area contributed by atoms with Crippen LogP contribution in [0.15, 0.2) is 24.3 Å². The molecule has 1 heterocycles. The van der Waals surface area contributed by atoms with E-state index in [9.17, 15) is 14.7 Å². The van der Waals surface area contributed by atoms with Crippen molar-refractivity contribution in [2.24, 2.45) is 5.92 Å². The first-order chi connectivity index (χ1) is 9.04. The summed E-state index contributed by atoms with van der Waals surface area (Å²) in [5.41, 5.74) is 0.727. The predicted octanol–water partition coefficient (Wildman–Crippen LogP) is 1.34. The molecule has 1 saturated heterocycles. The monoisotopic (exact) mass is 263 g/mol. The number of carbonyl (C=O) groups excluding carboxylic acids is 1. The van der Waals surface area contributed by atoms with Crippen molar-refractivity contribution >= 4 is 11.9 Å². The molecule has 1 N–H and O–H groups in total. The smallest absolute Gasteiger partial charge is 0.307 e. The van der Waals surface area contributed by atoms with Crippen molar-refractivity contribution in [3.05, 3.63) is 29.8 Å². The summed E-state index contributed by atoms with van der Waals surface area (Å²) in [5, 5.41) is 9.28. The van der Waals surface area contributed by atoms with Crippen LogP contribution in [0.25, 0.3) is 0 Å². The van der Waals surface area contributed by atoms with Crippen LogP contribution in [0.2, 0.25) is 0 Å². The fourth-order valence-corrected chi connectivity index (χ4v) is 2.47. The summed E-state index contributed by atoms with van der Waals surface area (Å²) in [5.74, 6) is -1.63. The number of carbonyl (C=O) groups is 2. The van der Waals surface area contributed by atoms with Crippen LogP contribution in [-0.2, 0) is 9.59 Å². The summed E-state index contributed by atoms with van der Waals surface area (Å²) in [6.07, 6.45) is 0.480. The van der Waals surface area contributed by atoms with Crippen LogP contribution in [0.1, 0.15) is 17.9 Å². The number of methoxy groups -OCH3 is 1. The topological polar surface area (TPSA) is 66.8 Å². The Morgan fingerprint density at radius 3 is 2.53 bits per heavy atom. The molecule has 0 aromatic heterocycles. The molecule has 0 aliphatic carbocycles. The van der Waals surface area contributed by atoms with Crippen LogP contribution in [0.4, 0.5) is 0 Å². The molecule has 0 radical (unpaired) electrons. The molecular formula is C14H17NO4. The van der Waals surface area contributed by atoms with Gasteiger partial charge < -0.3 is 14.7 Å². The Hall–Kier alpha value is -2.04. The van der Waals surface area contributed by atoms with Gasteiger partial charge in [0, 0.05) is 13.6 Å². The largest absolute Gasteiger partial charge is 0.497 e. The van der Waals surface area contributed by atoms with E-state index in [2.05, 4.69) is 0 Å². The lowest BCUT2D eigenvalue weighted by molar-refractivity contribution is -0.150. The minimum atomic E-state index is -0.915. The van der Waals surface area contributed by atoms with Crippen molar-refractivity contribution in [1.29, 1.82) is 0 Å². The van der Waals surface area contributed by atoms with Crippen LogP contribution in [0.3, 0.4) is 0 Å². The molecule has 19 heavy (non-hydrogen) atoms. The summed E-state index contributed by atoms with van der Waals surface area (Å²) in [7, 11) is 3.27. The molecule has 1 aromatic rings. The minimum absolute atomic E-state index is 0.135. The first-order valence-corrected chi connectivity index (χ1v) is 6.16. The SMILES string of the molecule is COc1ccc(C2C(=O)N(C)CCC2C(=O)O)cc1. The Labute approximate surface area is 111 Å². The van der Waals surface area contributed by atoms with E-state index >= 15 is 0 Å². The number of hydrogen-bond donors (Lipinski definition) is 1. The van der Waals surface area contributed by atoms with Gasteiger partial charge in [-0.05, 0) is 24.1 Å². The van der Waals surface area contributed by atoms with Crippen molar-refractivity contribution in [3.8, 4) is 5.75 Å². The van der Waals surface area contributed by atoms with Crippen LogP contribution < -0.4 is 4.74 Å². The fraction of sp³-hybridized carbons (Fsp3) is 0.429. The van der Waals surface area contributed by atoms with E-state index in [4.69, 9.17) is 4.74 Å². The molecule has 5 nitrogen and oxygen atoms in total. The van der Waals surface area contributed by atoms with E-state index in [0.29, 0.717) is 18.7 Å². The number of nitrogens with zero attached hydrogens (tertiary/aromatic N) is 1. The maximum Gasteiger partial charge on any atom is 0.307 e. The fourth-order valence-electron chi connectivity index (χ4n) is 2.47. The molecule has 1 aliphatic rings. The highest BCUT2D eigenvalue weighted by Crippen LogP contribution is 2.34. The third-order valence-electron chi connectivity index (χ3n) is 3.61. The molecule has 2 rings (SSSR count). The van der Waals surface area contributed by atoms with Gasteiger partial charge in [0.2, 0.25) is 5.91 Å². The third kappa shape index (κ3) is 2.54. The van der Waals surface area contributed by atoms with Gasteiger partial charge in [0.05, 0.1) is 18.9 Å². The predicted molar refractivity (Wildman–Crippen MR) is 69.1 cm³/mol. The standard InChI is InChI=1S/C14H17NO4/c1-15-8-7-11(14(17)18)12(13(15)16)9-3-5-10(19-2)6-4-9/h3-6,11-12H,7-8H2,1-2H3,(H,17,18). The van der Waals surface area contributed by atoms with E-state index in [0.717, 1.165) is 5.56 Å². The first-order valence-electron chi connectivity index (χ1n) is 6.16. The van der Waals surface area contributed by atoms with Crippen molar-refractivity contribution < 1.29 is 19.4 Å². The van der Waals surface area contributed by atoms with Crippen molar-refractivity contribution in [2.45, 2.75) is 12.3 Å². The summed E-state index contributed by atoms with van der Waals surface area (Å²) in [4.78, 5) is 25.1. The molecular weight excluding hydrogens is 246 g/mol. The average Bonchev–Trinajstić information content (AvgIpc) is 2.41. The first kappa shape index (κ1) is 13.4. The van der Waals surface area contributed by atoms with Gasteiger partial charge in [0.25, 0.3) is 0 Å². The lowest BCUT2D eigenvalue weighted by Gasteiger charge is -2.34. The molecule has 2 unspecified atom stereocenters. The second-order valence-corrected chi connectivity index (χ2v) is 4.74. The van der Waals surface area contributed by atoms with Gasteiger partial charge in [-0.3, -0.25) is 9.59 Å². The maximum absolute atomic E-state index is 12.2. The number of piperidine rings is 1. The molecule has 2 atom stereocenters. The summed E-state index contributed by atoms with van der Waals surface area (Å²) in [6, 6.07) is 7.01. The normalized spacial score (nSPS) is 23.3. The molecule has 0 bridgehead atoms. The van der Waals surface area contributed by atoms with Crippen molar-refractivity contribution in [1.82, 2.24) is 4.90 Å². The van der Waals surface area contributed by atoms with E-state index in [1.54, 1.807) is 43.3 Å². The van der Waals surface area contributed by atoms with Crippen LogP contribution >= 0.6 is 0 Å². The highest BCUT2D eigenvalue weighted by atomic mass is 16.5. The van der Waals surface area contributed by atoms with Gasteiger partial charge in [0.15, 0.2) is 0 Å².